The average molecular weight is 368 g/mol. The van der Waals surface area contributed by atoms with Gasteiger partial charge in [0.15, 0.2) is 0 Å². The van der Waals surface area contributed by atoms with Crippen LogP contribution in [0.4, 0.5) is 39.5 Å². The van der Waals surface area contributed by atoms with Crippen molar-refractivity contribution >= 4 is 20.0 Å². The van der Waals surface area contributed by atoms with Gasteiger partial charge >= 0.3 is 37.7 Å². The van der Waals surface area contributed by atoms with Crippen LogP contribution in [0.3, 0.4) is 0 Å². The van der Waals surface area contributed by atoms with Gasteiger partial charge < -0.3 is 6.15 Å². The summed E-state index contributed by atoms with van der Waals surface area (Å²) in [5, 5.41) is 0. The Morgan fingerprint density at radius 2 is 0.850 bits per heavy atom. The maximum Gasteiger partial charge on any atom is 0.512 e. The van der Waals surface area contributed by atoms with E-state index in [-0.39, 0.29) is 6.15 Å². The second-order valence-corrected chi connectivity index (χ2v) is 5.84. The molecule has 0 aliphatic carbocycles. The fraction of sp³-hybridized carbons (Fsp3) is 1.00. The summed E-state index contributed by atoms with van der Waals surface area (Å²) in [5.74, 6) is 0. The van der Waals surface area contributed by atoms with Crippen molar-refractivity contribution in [2.45, 2.75) is 17.7 Å². The summed E-state index contributed by atoms with van der Waals surface area (Å²) >= 11 is 0. The molecular formula is C3H5F9N2O4S2. The molecule has 0 radical (unpaired) electrons. The molecule has 0 aromatic heterocycles. The molecule has 0 fully saturated rings. The van der Waals surface area contributed by atoms with Gasteiger partial charge in [-0.2, -0.15) is 39.5 Å². The van der Waals surface area contributed by atoms with Crippen molar-refractivity contribution in [2.75, 3.05) is 0 Å². The van der Waals surface area contributed by atoms with Crippen molar-refractivity contribution in [2.24, 2.45) is 0 Å². The van der Waals surface area contributed by atoms with E-state index in [1.165, 1.54) is 0 Å². The van der Waals surface area contributed by atoms with Crippen LogP contribution in [0.5, 0.6) is 0 Å². The van der Waals surface area contributed by atoms with Crippen LogP contribution in [-0.2, 0) is 20.0 Å². The van der Waals surface area contributed by atoms with Gasteiger partial charge in [-0.05, 0) is 0 Å². The predicted molar refractivity (Wildman–Crippen MR) is 45.2 cm³/mol. The fourth-order valence-electron chi connectivity index (χ4n) is 0.239. The highest BCUT2D eigenvalue weighted by Gasteiger charge is 2.55. The Bertz CT molecular complexity index is 432. The van der Waals surface area contributed by atoms with Crippen LogP contribution in [0, 0.1) is 0 Å². The van der Waals surface area contributed by atoms with Crippen LogP contribution in [0.1, 0.15) is 0 Å². The monoisotopic (exact) mass is 368 g/mol. The number of sulfonamides is 2. The first-order valence-corrected chi connectivity index (χ1v) is 6.24. The number of hydrogen-bond donors (Lipinski definition) is 2. The molecule has 17 heteroatoms. The summed E-state index contributed by atoms with van der Waals surface area (Å²) in [4.78, 5) is 0. The molecule has 0 aromatic rings. The van der Waals surface area contributed by atoms with E-state index in [9.17, 15) is 56.3 Å². The Labute approximate surface area is 105 Å². The Morgan fingerprint density at radius 3 is 0.950 bits per heavy atom. The molecule has 0 bridgehead atoms. The van der Waals surface area contributed by atoms with E-state index in [1.54, 1.807) is 0 Å². The third-order valence-corrected chi connectivity index (χ3v) is 3.80. The molecule has 0 aliphatic rings. The smallest absolute Gasteiger partial charge is 0.344 e. The van der Waals surface area contributed by atoms with Gasteiger partial charge in [-0.1, -0.05) is 4.13 Å². The molecule has 0 amide bonds. The minimum absolute atomic E-state index is 0. The van der Waals surface area contributed by atoms with E-state index in [1.807, 2.05) is 0 Å². The first kappa shape index (κ1) is 24.2. The van der Waals surface area contributed by atoms with Gasteiger partial charge in [0.25, 0.3) is 0 Å². The molecular weight excluding hydrogens is 363 g/mol. The average Bonchev–Trinajstić information content (AvgIpc) is 1.94. The highest BCUT2D eigenvalue weighted by molar-refractivity contribution is 8.05. The van der Waals surface area contributed by atoms with Crippen LogP contribution in [-0.4, -0.2) is 34.5 Å². The summed E-state index contributed by atoms with van der Waals surface area (Å²) in [6.45, 7) is -3.67. The molecule has 4 N–H and O–H groups in total. The second-order valence-electron chi connectivity index (χ2n) is 2.23. The molecule has 0 aliphatic heterocycles. The van der Waals surface area contributed by atoms with Crippen molar-refractivity contribution in [1.82, 2.24) is 10.3 Å². The maximum atomic E-state index is 11.5. The van der Waals surface area contributed by atoms with Gasteiger partial charge in [-0.3, -0.25) is 0 Å². The Hall–Kier alpha value is -0.810. The fourth-order valence-corrected chi connectivity index (χ4v) is 2.15. The quantitative estimate of drug-likeness (QED) is 0.719. The lowest BCUT2D eigenvalue weighted by Crippen LogP contribution is -2.45. The minimum Gasteiger partial charge on any atom is -0.344 e. The topological polar surface area (TPSA) is 115 Å². The standard InChI is InChI=1S/C2HF6NO4S2.CHF3.H3N/c3-1(4,5)14(10,11)9-15(12,13)2(6,7)8;2-1(3)4;/h9H;1H;1H3. The van der Waals surface area contributed by atoms with Gasteiger partial charge in [0.1, 0.15) is 0 Å². The lowest BCUT2D eigenvalue weighted by Gasteiger charge is -2.11. The molecule has 0 saturated carbocycles. The van der Waals surface area contributed by atoms with Crippen LogP contribution >= 0.6 is 0 Å². The second kappa shape index (κ2) is 7.27. The summed E-state index contributed by atoms with van der Waals surface area (Å²) in [7, 11) is -13.2. The summed E-state index contributed by atoms with van der Waals surface area (Å²) < 4.78 is 137. The Kier molecular flexibility index (Phi) is 8.81. The zero-order chi connectivity index (χ0) is 16.3. The highest BCUT2D eigenvalue weighted by Crippen LogP contribution is 2.27. The first-order valence-electron chi connectivity index (χ1n) is 3.27. The zero-order valence-corrected chi connectivity index (χ0v) is 10.3. The molecule has 0 aromatic carbocycles. The number of halogens is 9. The van der Waals surface area contributed by atoms with Crippen molar-refractivity contribution < 1.29 is 56.3 Å². The minimum atomic E-state index is -6.60. The Morgan fingerprint density at radius 1 is 0.700 bits per heavy atom. The Balaban J connectivity index is -0.000000508. The predicted octanol–water partition coefficient (Wildman–Crippen LogP) is 1.62. The molecule has 20 heavy (non-hydrogen) atoms. The van der Waals surface area contributed by atoms with Gasteiger partial charge in [-0.25, -0.2) is 16.8 Å². The molecule has 0 heterocycles. The number of hydrogen-bond acceptors (Lipinski definition) is 5. The van der Waals surface area contributed by atoms with Crippen LogP contribution in [0.2, 0.25) is 0 Å². The van der Waals surface area contributed by atoms with Crippen molar-refractivity contribution in [3.05, 3.63) is 0 Å². The van der Waals surface area contributed by atoms with Gasteiger partial charge in [0.05, 0.1) is 0 Å². The lowest BCUT2D eigenvalue weighted by atomic mass is 11.6. The molecule has 0 atom stereocenters. The van der Waals surface area contributed by atoms with E-state index < -0.39 is 41.9 Å². The molecule has 6 nitrogen and oxygen atoms in total. The molecule has 0 rings (SSSR count). The SMILES string of the molecule is FC(F)F.N.O=S(=O)(NS(=O)(=O)C(F)(F)F)C(F)(F)F. The van der Waals surface area contributed by atoms with Gasteiger partial charge in [0.2, 0.25) is 0 Å². The summed E-state index contributed by atoms with van der Waals surface area (Å²) in [5.41, 5.74) is -12.3. The van der Waals surface area contributed by atoms with Gasteiger partial charge in [-0.15, -0.1) is 0 Å². The van der Waals surface area contributed by atoms with E-state index >= 15 is 0 Å². The number of nitrogens with one attached hydrogen (secondary N) is 1. The van der Waals surface area contributed by atoms with Crippen molar-refractivity contribution in [3.8, 4) is 0 Å². The lowest BCUT2D eigenvalue weighted by molar-refractivity contribution is -0.0476. The maximum absolute atomic E-state index is 11.5. The third-order valence-electron chi connectivity index (χ3n) is 0.829. The van der Waals surface area contributed by atoms with E-state index in [2.05, 4.69) is 0 Å². The molecule has 126 valence electrons. The first-order chi connectivity index (χ1) is 7.94. The van der Waals surface area contributed by atoms with Gasteiger partial charge in [0, 0.05) is 0 Å². The number of rotatable bonds is 2. The van der Waals surface area contributed by atoms with Crippen LogP contribution in [0.25, 0.3) is 0 Å². The summed E-state index contributed by atoms with van der Waals surface area (Å²) in [6.07, 6.45) is 0. The molecule has 0 unspecified atom stereocenters. The van der Waals surface area contributed by atoms with Crippen LogP contribution < -0.4 is 10.3 Å². The summed E-state index contributed by atoms with van der Waals surface area (Å²) in [6, 6.07) is 0. The zero-order valence-electron chi connectivity index (χ0n) is 8.64. The normalized spacial score (nSPS) is 13.3. The molecule has 0 spiro atoms. The highest BCUT2D eigenvalue weighted by atomic mass is 32.3. The van der Waals surface area contributed by atoms with E-state index in [0.717, 1.165) is 0 Å². The van der Waals surface area contributed by atoms with Crippen molar-refractivity contribution in [3.63, 3.8) is 0 Å². The van der Waals surface area contributed by atoms with Crippen molar-refractivity contribution in [1.29, 1.82) is 0 Å². The van der Waals surface area contributed by atoms with Crippen LogP contribution in [0.15, 0.2) is 0 Å². The van der Waals surface area contributed by atoms with E-state index in [0.29, 0.717) is 0 Å². The number of alkyl halides is 9. The largest absolute Gasteiger partial charge is 0.512 e. The molecule has 0 saturated heterocycles. The third kappa shape index (κ3) is 8.38. The van der Waals surface area contributed by atoms with E-state index in [4.69, 9.17) is 0 Å².